The minimum Gasteiger partial charge on any atom is -0.466 e. The number of esters is 10. The highest BCUT2D eigenvalue weighted by Crippen LogP contribution is 2.65. The molecule has 752 valence electrons. The van der Waals surface area contributed by atoms with Crippen LogP contribution in [0, 0.1) is 201 Å². The number of carbonyl (C=O) groups excluding carboxylic acids is 10. The quantitative estimate of drug-likeness (QED) is 0.0499. The van der Waals surface area contributed by atoms with Crippen LogP contribution in [0.15, 0.2) is 0 Å². The SMILES string of the molecule is C.C.C.C.CCOC(=O)C1CCC(S(=O)(=O)O)CC1C(=O)OCC.O=C(OC1C2CC3CC(C2)CC1C3)C1C2CC(C1C(=O)OC1C3CC4CC(C3)CC1C4)C(S(=O)(=O)O)C2.O=C(OC1C2CC3CC(C2)CC1C3)C1CCC(S(=O)(=O)O)CC1C(=O)OC1C2CC3CC(C2)CC1C3.O=C1OC2C3CC(CC13)C2OC(=O)C1C2CC(C1C(=O)OC1C3CC4C(=O)OC1C4C3)C(S(=O)(=O)O)C2. The maximum absolute atomic E-state index is 13.8. The predicted octanol–water partition coefficient (Wildman–Crippen LogP) is 12.5. The molecule has 26 aliphatic carbocycles. The molecule has 36 heteroatoms. The van der Waals surface area contributed by atoms with Crippen LogP contribution >= 0.6 is 0 Å². The molecule has 0 amide bonds. The number of fused-ring (bicyclic) bond motifs is 6. The molecule has 0 aromatic rings. The second-order valence-corrected chi connectivity index (χ2v) is 52.4. The number of hydrogen-bond donors (Lipinski definition) is 4. The van der Waals surface area contributed by atoms with E-state index in [0.717, 1.165) is 163 Å². The third kappa shape index (κ3) is 18.2. The molecule has 2 saturated heterocycles. The first kappa shape index (κ1) is 99.9. The molecule has 2 aliphatic heterocycles. The molecule has 26 unspecified atom stereocenters. The maximum atomic E-state index is 13.8. The van der Waals surface area contributed by atoms with Crippen LogP contribution in [0.1, 0.15) is 262 Å². The summed E-state index contributed by atoms with van der Waals surface area (Å²) in [7, 11) is -17.2. The minimum absolute atomic E-state index is 0. The third-order valence-corrected chi connectivity index (χ3v) is 44.0. The van der Waals surface area contributed by atoms with Crippen molar-refractivity contribution in [3.8, 4) is 0 Å². The Morgan fingerprint density at radius 2 is 0.515 bits per heavy atom. The zero-order valence-electron chi connectivity index (χ0n) is 73.9. The molecule has 4 N–H and O–H groups in total. The number of ether oxygens (including phenoxy) is 10. The Balaban J connectivity index is 0.000000126. The molecule has 28 rings (SSSR count). The summed E-state index contributed by atoms with van der Waals surface area (Å²) in [5.41, 5.74) is 0. The minimum atomic E-state index is -4.43. The predicted molar refractivity (Wildman–Crippen MR) is 476 cm³/mol. The van der Waals surface area contributed by atoms with Crippen molar-refractivity contribution in [3.05, 3.63) is 0 Å². The van der Waals surface area contributed by atoms with Crippen molar-refractivity contribution in [1.29, 1.82) is 0 Å². The molecular formula is C98H144O32S4. The van der Waals surface area contributed by atoms with Crippen molar-refractivity contribution in [2.75, 3.05) is 13.2 Å². The van der Waals surface area contributed by atoms with E-state index in [0.29, 0.717) is 73.0 Å². The lowest BCUT2D eigenvalue weighted by atomic mass is 9.55. The van der Waals surface area contributed by atoms with Gasteiger partial charge in [0, 0.05) is 23.7 Å². The van der Waals surface area contributed by atoms with Crippen molar-refractivity contribution in [3.63, 3.8) is 0 Å². The Bertz CT molecular complexity index is 4880. The Kier molecular flexibility index (Phi) is 28.1. The highest BCUT2D eigenvalue weighted by atomic mass is 32.2. The maximum Gasteiger partial charge on any atom is 0.310 e. The summed E-state index contributed by atoms with van der Waals surface area (Å²) in [6.45, 7) is 3.61. The van der Waals surface area contributed by atoms with Crippen molar-refractivity contribution in [2.24, 2.45) is 201 Å². The van der Waals surface area contributed by atoms with E-state index in [2.05, 4.69) is 0 Å². The first-order chi connectivity index (χ1) is 61.8. The van der Waals surface area contributed by atoms with E-state index >= 15 is 0 Å². The van der Waals surface area contributed by atoms with Gasteiger partial charge in [0.1, 0.15) is 48.8 Å². The van der Waals surface area contributed by atoms with Gasteiger partial charge in [-0.2, -0.15) is 33.7 Å². The fourth-order valence-corrected chi connectivity index (χ4v) is 38.9. The molecule has 0 aromatic carbocycles. The van der Waals surface area contributed by atoms with E-state index in [1.54, 1.807) is 13.8 Å². The zero-order valence-corrected chi connectivity index (χ0v) is 77.1. The number of carbonyl (C=O) groups is 10. The number of hydrogen-bond acceptors (Lipinski definition) is 28. The molecule has 24 bridgehead atoms. The molecule has 0 radical (unpaired) electrons. The fraction of sp³-hybridized carbons (Fsp3) is 0.898. The van der Waals surface area contributed by atoms with Gasteiger partial charge in [-0.3, -0.25) is 66.2 Å². The summed E-state index contributed by atoms with van der Waals surface area (Å²) in [4.78, 5) is 130. The van der Waals surface area contributed by atoms with Gasteiger partial charge in [-0.25, -0.2) is 0 Å². The van der Waals surface area contributed by atoms with Gasteiger partial charge in [-0.1, -0.05) is 29.7 Å². The number of rotatable bonds is 20. The van der Waals surface area contributed by atoms with Crippen LogP contribution in [0.4, 0.5) is 0 Å². The third-order valence-electron chi connectivity index (χ3n) is 38.9. The van der Waals surface area contributed by atoms with Crippen LogP contribution in [-0.4, -0.2) is 195 Å². The molecule has 0 aromatic heterocycles. The van der Waals surface area contributed by atoms with E-state index in [1.165, 1.54) is 25.7 Å². The molecule has 2 heterocycles. The zero-order chi connectivity index (χ0) is 90.9. The molecular weight excluding hydrogens is 1820 g/mol. The molecule has 28 fully saturated rings. The molecule has 0 spiro atoms. The second-order valence-electron chi connectivity index (χ2n) is 45.8. The van der Waals surface area contributed by atoms with E-state index in [9.17, 15) is 95.3 Å². The normalized spacial score (nSPS) is 47.5. The summed E-state index contributed by atoms with van der Waals surface area (Å²) < 4.78 is 191. The second kappa shape index (κ2) is 37.7. The van der Waals surface area contributed by atoms with Crippen LogP contribution in [0.25, 0.3) is 0 Å². The molecule has 134 heavy (non-hydrogen) atoms. The van der Waals surface area contributed by atoms with Crippen LogP contribution < -0.4 is 0 Å². The fourth-order valence-electron chi connectivity index (χ4n) is 34.7. The smallest absolute Gasteiger partial charge is 0.310 e. The highest BCUT2D eigenvalue weighted by Gasteiger charge is 2.70. The van der Waals surface area contributed by atoms with Crippen LogP contribution in [-0.2, 0) is 136 Å². The van der Waals surface area contributed by atoms with Crippen molar-refractivity contribution in [1.82, 2.24) is 0 Å². The van der Waals surface area contributed by atoms with Crippen LogP contribution in [0.5, 0.6) is 0 Å². The lowest BCUT2D eigenvalue weighted by Gasteiger charge is -2.54. The molecule has 32 nitrogen and oxygen atoms in total. The average Bonchev–Trinajstić information content (AvgIpc) is 1.56. The standard InChI is InChI=1S/C29H40O7S.C28H40O7S.C25H28O11S.C12H20O7S.4CH4/c30-28(35-26-18-3-13-1-14(5-18)6-19(26)4-13)24-17-11-22(23(12-17)37(32,33)34)25(24)29(31)36-27-20-7-15-2-16(9-20)10-21(27)8-15;29-27(34-25-18-5-14-3-15(7-18)8-19(25)6-14)23-2-1-22(36(31,32)33)13-24(23)28(30)35-26-20-9-16-4-17(11-20)12-21(26)10-16;26-22-12-4-8-2-10(12)20(35-22)18(8)33-24(28)16-7-1-14(15(6-7)37(30,31)32)17(16)25(29)34-19-9-3-11-13(5-9)23(27)36-21(11)19;1-3-18-11(13)9-6-5-8(20(15,16)17)7-10(9)12(14)19-4-2;;;;/h13-27H,1-12H2,(H,32,33,34);14-26H,1-13H2,(H,31,32,33);7-21H,1-6H2,(H,30,31,32);8-10H,3-7H2,1-2H3,(H,15,16,17);4*1H4. The van der Waals surface area contributed by atoms with Crippen molar-refractivity contribution < 1.29 is 147 Å². The van der Waals surface area contributed by atoms with E-state index in [-0.39, 0.29) is 184 Å². The van der Waals surface area contributed by atoms with Crippen LogP contribution in [0.2, 0.25) is 0 Å². The Hall–Kier alpha value is -5.66. The van der Waals surface area contributed by atoms with Gasteiger partial charge in [-0.05, 0) is 351 Å². The molecule has 26 saturated carbocycles. The van der Waals surface area contributed by atoms with E-state index in [1.807, 2.05) is 0 Å². The first-order valence-corrected chi connectivity index (χ1v) is 55.7. The highest BCUT2D eigenvalue weighted by molar-refractivity contribution is 7.87. The van der Waals surface area contributed by atoms with E-state index < -0.39 is 187 Å². The van der Waals surface area contributed by atoms with Gasteiger partial charge in [-0.15, -0.1) is 0 Å². The van der Waals surface area contributed by atoms with Gasteiger partial charge in [0.05, 0.1) is 93.4 Å². The lowest BCUT2D eigenvalue weighted by Crippen LogP contribution is -2.53. The summed E-state index contributed by atoms with van der Waals surface area (Å²) >= 11 is 0. The molecule has 28 aliphatic rings. The topological polar surface area (TPSA) is 480 Å². The Labute approximate surface area is 788 Å². The van der Waals surface area contributed by atoms with Crippen molar-refractivity contribution >= 4 is 100 Å². The van der Waals surface area contributed by atoms with Gasteiger partial charge < -0.3 is 47.4 Å². The van der Waals surface area contributed by atoms with Gasteiger partial charge in [0.2, 0.25) is 0 Å². The summed E-state index contributed by atoms with van der Waals surface area (Å²) in [5, 5.41) is -4.20. The summed E-state index contributed by atoms with van der Waals surface area (Å²) in [6.07, 6.45) is 25.1. The summed E-state index contributed by atoms with van der Waals surface area (Å²) in [5.74, 6) is -3.88. The summed E-state index contributed by atoms with van der Waals surface area (Å²) in [6, 6.07) is 0. The van der Waals surface area contributed by atoms with Crippen LogP contribution in [0.3, 0.4) is 0 Å². The van der Waals surface area contributed by atoms with Crippen molar-refractivity contribution in [2.45, 2.75) is 332 Å². The van der Waals surface area contributed by atoms with Gasteiger partial charge in [0.15, 0.2) is 0 Å². The largest absolute Gasteiger partial charge is 0.466 e. The van der Waals surface area contributed by atoms with E-state index in [4.69, 9.17) is 51.9 Å². The lowest BCUT2D eigenvalue weighted by molar-refractivity contribution is -0.189. The monoisotopic (exact) mass is 1960 g/mol. The molecule has 26 atom stereocenters. The Morgan fingerprint density at radius 1 is 0.269 bits per heavy atom. The average molecular weight is 1960 g/mol. The Morgan fingerprint density at radius 3 is 0.806 bits per heavy atom. The van der Waals surface area contributed by atoms with Gasteiger partial charge in [0.25, 0.3) is 40.5 Å². The first-order valence-electron chi connectivity index (χ1n) is 49.6. The van der Waals surface area contributed by atoms with Gasteiger partial charge >= 0.3 is 59.7 Å².